The molecule has 1 aliphatic carbocycles. The summed E-state index contributed by atoms with van der Waals surface area (Å²) in [5.74, 6) is 6.15. The third-order valence-electron chi connectivity index (χ3n) is 4.02. The van der Waals surface area contributed by atoms with Gasteiger partial charge >= 0.3 is 0 Å². The monoisotopic (exact) mass is 250 g/mol. The number of nitrogens with one attached hydrogen (secondary N) is 1. The van der Waals surface area contributed by atoms with Crippen molar-refractivity contribution in [2.45, 2.75) is 51.5 Å². The zero-order valence-electron chi connectivity index (χ0n) is 11.1. The van der Waals surface area contributed by atoms with Crippen LogP contribution in [0.4, 0.5) is 4.39 Å². The molecule has 1 fully saturated rings. The summed E-state index contributed by atoms with van der Waals surface area (Å²) in [5.41, 5.74) is 4.58. The second-order valence-corrected chi connectivity index (χ2v) is 5.48. The van der Waals surface area contributed by atoms with E-state index in [9.17, 15) is 4.39 Å². The number of halogens is 1. The first-order chi connectivity index (χ1) is 8.70. The van der Waals surface area contributed by atoms with E-state index in [4.69, 9.17) is 5.84 Å². The average molecular weight is 250 g/mol. The lowest BCUT2D eigenvalue weighted by Crippen LogP contribution is -2.30. The number of hydrogen-bond acceptors (Lipinski definition) is 2. The van der Waals surface area contributed by atoms with Gasteiger partial charge in [0.2, 0.25) is 0 Å². The van der Waals surface area contributed by atoms with E-state index in [1.54, 1.807) is 6.07 Å². The van der Waals surface area contributed by atoms with E-state index >= 15 is 0 Å². The van der Waals surface area contributed by atoms with Crippen LogP contribution in [0.2, 0.25) is 0 Å². The van der Waals surface area contributed by atoms with Gasteiger partial charge in [-0.1, -0.05) is 49.8 Å². The van der Waals surface area contributed by atoms with Crippen molar-refractivity contribution in [2.75, 3.05) is 0 Å². The molecule has 2 nitrogen and oxygen atoms in total. The molecule has 0 spiro atoms. The number of hydrazine groups is 1. The van der Waals surface area contributed by atoms with Gasteiger partial charge in [-0.3, -0.25) is 11.3 Å². The molecule has 1 atom stereocenters. The molecule has 1 unspecified atom stereocenters. The van der Waals surface area contributed by atoms with Gasteiger partial charge in [0.05, 0.1) is 0 Å². The van der Waals surface area contributed by atoms with Crippen LogP contribution in [0.25, 0.3) is 0 Å². The lowest BCUT2D eigenvalue weighted by atomic mass is 9.83. The topological polar surface area (TPSA) is 38.0 Å². The maximum Gasteiger partial charge on any atom is 0.128 e. The van der Waals surface area contributed by atoms with Crippen molar-refractivity contribution in [3.8, 4) is 0 Å². The number of hydrogen-bond donors (Lipinski definition) is 2. The molecule has 100 valence electrons. The van der Waals surface area contributed by atoms with Crippen molar-refractivity contribution >= 4 is 0 Å². The number of nitrogens with two attached hydrogens (primary N) is 1. The van der Waals surface area contributed by atoms with Crippen LogP contribution in [0, 0.1) is 18.7 Å². The Bertz CT molecular complexity index is 386. The minimum atomic E-state index is -0.153. The zero-order valence-corrected chi connectivity index (χ0v) is 11.1. The van der Waals surface area contributed by atoms with E-state index < -0.39 is 0 Å². The Hall–Kier alpha value is -0.930. The van der Waals surface area contributed by atoms with E-state index in [1.165, 1.54) is 38.2 Å². The Balaban J connectivity index is 2.09. The molecule has 1 aromatic rings. The van der Waals surface area contributed by atoms with Crippen molar-refractivity contribution in [3.05, 3.63) is 35.1 Å². The van der Waals surface area contributed by atoms with Crippen LogP contribution in [0.1, 0.15) is 55.7 Å². The molecule has 0 saturated heterocycles. The van der Waals surface area contributed by atoms with E-state index in [0.717, 1.165) is 12.0 Å². The second-order valence-electron chi connectivity index (χ2n) is 5.48. The molecule has 0 aliphatic heterocycles. The summed E-state index contributed by atoms with van der Waals surface area (Å²) in [4.78, 5) is 0. The third-order valence-corrected chi connectivity index (χ3v) is 4.02. The van der Waals surface area contributed by atoms with Gasteiger partial charge in [-0.25, -0.2) is 4.39 Å². The molecule has 0 heterocycles. The van der Waals surface area contributed by atoms with E-state index in [2.05, 4.69) is 5.43 Å². The van der Waals surface area contributed by atoms with Gasteiger partial charge in [0.1, 0.15) is 5.82 Å². The van der Waals surface area contributed by atoms with Crippen LogP contribution in [-0.2, 0) is 0 Å². The van der Waals surface area contributed by atoms with Crippen LogP contribution in [0.5, 0.6) is 0 Å². The quantitative estimate of drug-likeness (QED) is 0.633. The molecule has 18 heavy (non-hydrogen) atoms. The molecule has 0 radical (unpaired) electrons. The minimum Gasteiger partial charge on any atom is -0.271 e. The van der Waals surface area contributed by atoms with Crippen molar-refractivity contribution in [2.24, 2.45) is 11.8 Å². The first-order valence-electron chi connectivity index (χ1n) is 6.93. The highest BCUT2D eigenvalue weighted by molar-refractivity contribution is 5.26. The minimum absolute atomic E-state index is 0.0620. The van der Waals surface area contributed by atoms with Crippen LogP contribution >= 0.6 is 0 Å². The molecule has 0 amide bonds. The van der Waals surface area contributed by atoms with Crippen LogP contribution in [0.15, 0.2) is 18.2 Å². The average Bonchev–Trinajstić information content (AvgIpc) is 2.40. The molecular formula is C15H23FN2. The zero-order chi connectivity index (χ0) is 13.0. The fraction of sp³-hybridized carbons (Fsp3) is 0.600. The Labute approximate surface area is 109 Å². The maximum absolute atomic E-state index is 13.9. The maximum atomic E-state index is 13.9. The summed E-state index contributed by atoms with van der Waals surface area (Å²) in [6.45, 7) is 1.98. The summed E-state index contributed by atoms with van der Waals surface area (Å²) in [7, 11) is 0. The Morgan fingerprint density at radius 1 is 1.33 bits per heavy atom. The first kappa shape index (κ1) is 13.5. The summed E-state index contributed by atoms with van der Waals surface area (Å²) in [6.07, 6.45) is 7.40. The fourth-order valence-corrected chi connectivity index (χ4v) is 2.97. The van der Waals surface area contributed by atoms with Gasteiger partial charge in [-0.2, -0.15) is 0 Å². The van der Waals surface area contributed by atoms with Crippen molar-refractivity contribution in [3.63, 3.8) is 0 Å². The Morgan fingerprint density at radius 2 is 2.06 bits per heavy atom. The third kappa shape index (κ3) is 3.30. The van der Waals surface area contributed by atoms with Crippen molar-refractivity contribution < 1.29 is 4.39 Å². The van der Waals surface area contributed by atoms with E-state index in [-0.39, 0.29) is 11.9 Å². The van der Waals surface area contributed by atoms with Gasteiger partial charge in [-0.15, -0.1) is 0 Å². The molecule has 1 saturated carbocycles. The first-order valence-corrected chi connectivity index (χ1v) is 6.93. The largest absolute Gasteiger partial charge is 0.271 e. The highest BCUT2D eigenvalue weighted by Gasteiger charge is 2.21. The van der Waals surface area contributed by atoms with Crippen LogP contribution < -0.4 is 11.3 Å². The highest BCUT2D eigenvalue weighted by atomic mass is 19.1. The summed E-state index contributed by atoms with van der Waals surface area (Å²) in [6, 6.07) is 5.18. The lowest BCUT2D eigenvalue weighted by molar-refractivity contribution is 0.298. The number of benzene rings is 1. The number of aryl methyl sites for hydroxylation is 1. The highest BCUT2D eigenvalue weighted by Crippen LogP contribution is 2.32. The molecule has 0 aromatic heterocycles. The molecule has 0 bridgehead atoms. The molecule has 1 aromatic carbocycles. The van der Waals surface area contributed by atoms with Gasteiger partial charge in [0.25, 0.3) is 0 Å². The molecule has 3 heteroatoms. The Kier molecular flexibility index (Phi) is 4.72. The van der Waals surface area contributed by atoms with Crippen molar-refractivity contribution in [1.82, 2.24) is 5.43 Å². The van der Waals surface area contributed by atoms with Gasteiger partial charge in [0, 0.05) is 11.6 Å². The number of rotatable bonds is 4. The van der Waals surface area contributed by atoms with Crippen LogP contribution in [-0.4, -0.2) is 0 Å². The van der Waals surface area contributed by atoms with Gasteiger partial charge < -0.3 is 0 Å². The van der Waals surface area contributed by atoms with E-state index in [1.807, 2.05) is 13.0 Å². The summed E-state index contributed by atoms with van der Waals surface area (Å²) < 4.78 is 13.9. The predicted molar refractivity (Wildman–Crippen MR) is 72.4 cm³/mol. The molecule has 2 rings (SSSR count). The van der Waals surface area contributed by atoms with Crippen molar-refractivity contribution in [1.29, 1.82) is 0 Å². The van der Waals surface area contributed by atoms with Gasteiger partial charge in [0.15, 0.2) is 0 Å². The lowest BCUT2D eigenvalue weighted by Gasteiger charge is -2.26. The Morgan fingerprint density at radius 3 is 2.72 bits per heavy atom. The molecule has 1 aliphatic rings. The normalized spacial score (nSPS) is 18.8. The summed E-state index contributed by atoms with van der Waals surface area (Å²) >= 11 is 0. The van der Waals surface area contributed by atoms with E-state index in [0.29, 0.717) is 11.5 Å². The molecular weight excluding hydrogens is 227 g/mol. The summed E-state index contributed by atoms with van der Waals surface area (Å²) in [5, 5.41) is 0. The fourth-order valence-electron chi connectivity index (χ4n) is 2.97. The van der Waals surface area contributed by atoms with Crippen LogP contribution in [0.3, 0.4) is 0 Å². The van der Waals surface area contributed by atoms with Gasteiger partial charge in [-0.05, 0) is 25.3 Å². The molecule has 3 N–H and O–H groups in total. The standard InChI is InChI=1S/C15H23FN2/c1-11-7-8-14(16)13(9-11)15(18-17)10-12-5-3-2-4-6-12/h7-9,12,15,18H,2-6,10,17H2,1H3. The second kappa shape index (κ2) is 6.30. The SMILES string of the molecule is Cc1ccc(F)c(C(CC2CCCCC2)NN)c1. The smallest absolute Gasteiger partial charge is 0.128 e. The predicted octanol–water partition coefficient (Wildman–Crippen LogP) is 3.61.